The highest BCUT2D eigenvalue weighted by Gasteiger charge is 2.10. The summed E-state index contributed by atoms with van der Waals surface area (Å²) < 4.78 is 9.35. The number of aliphatic hydroxyl groups excluding tert-OH is 1. The number of ether oxygens (including phenoxy) is 2. The minimum atomic E-state index is -0.584. The van der Waals surface area contributed by atoms with Crippen molar-refractivity contribution in [1.82, 2.24) is 10.2 Å². The third-order valence-electron chi connectivity index (χ3n) is 3.95. The van der Waals surface area contributed by atoms with Crippen LogP contribution in [0.5, 0.6) is 0 Å². The lowest BCUT2D eigenvalue weighted by atomic mass is 10.2. The van der Waals surface area contributed by atoms with Crippen LogP contribution in [-0.2, 0) is 19.1 Å². The van der Waals surface area contributed by atoms with Gasteiger partial charge < -0.3 is 24.8 Å². The van der Waals surface area contributed by atoms with Gasteiger partial charge in [-0.3, -0.25) is 14.5 Å². The lowest BCUT2D eigenvalue weighted by Crippen LogP contribution is -2.39. The van der Waals surface area contributed by atoms with Gasteiger partial charge in [-0.1, -0.05) is 24.6 Å². The zero-order chi connectivity index (χ0) is 23.1. The first-order valence-corrected chi connectivity index (χ1v) is 9.78. The minimum Gasteiger partial charge on any atom is -0.464 e. The van der Waals surface area contributed by atoms with Gasteiger partial charge in [-0.05, 0) is 32.6 Å². The number of nitrogens with one attached hydrogen (secondary N) is 1. The van der Waals surface area contributed by atoms with Gasteiger partial charge in [0.25, 0.3) is 0 Å². The van der Waals surface area contributed by atoms with E-state index in [-0.39, 0.29) is 31.2 Å². The molecule has 0 heterocycles. The minimum absolute atomic E-state index is 0.0830. The maximum Gasteiger partial charge on any atom is 0.321 e. The zero-order valence-corrected chi connectivity index (χ0v) is 18.8. The summed E-state index contributed by atoms with van der Waals surface area (Å²) in [5, 5.41) is 11.9. The Labute approximate surface area is 178 Å². The molecule has 0 aliphatic rings. The molecule has 170 valence electrons. The van der Waals surface area contributed by atoms with E-state index in [4.69, 9.17) is 4.74 Å². The first-order chi connectivity index (χ1) is 14.1. The van der Waals surface area contributed by atoms with Crippen LogP contribution in [0.2, 0.25) is 0 Å². The SMILES string of the molecule is CC(=O)OCCNC(=O)N(C)c1ccc(C)cc1.CCN(C)CC(O)COC(C)=O. The number of carbonyl (C=O) groups excluding carboxylic acids is 3. The molecule has 2 N–H and O–H groups in total. The van der Waals surface area contributed by atoms with E-state index >= 15 is 0 Å². The highest BCUT2D eigenvalue weighted by molar-refractivity contribution is 5.91. The van der Waals surface area contributed by atoms with Crippen LogP contribution in [0.3, 0.4) is 0 Å². The normalized spacial score (nSPS) is 11.1. The lowest BCUT2D eigenvalue weighted by molar-refractivity contribution is -0.144. The van der Waals surface area contributed by atoms with Gasteiger partial charge in [0.1, 0.15) is 19.3 Å². The van der Waals surface area contributed by atoms with Crippen molar-refractivity contribution >= 4 is 23.7 Å². The number of aryl methyl sites for hydroxylation is 1. The van der Waals surface area contributed by atoms with Crippen molar-refractivity contribution in [3.8, 4) is 0 Å². The highest BCUT2D eigenvalue weighted by atomic mass is 16.5. The molecule has 9 nitrogen and oxygen atoms in total. The monoisotopic (exact) mass is 425 g/mol. The molecule has 0 saturated heterocycles. The summed E-state index contributed by atoms with van der Waals surface area (Å²) in [6.45, 7) is 8.62. The molecule has 1 unspecified atom stereocenters. The van der Waals surface area contributed by atoms with E-state index in [1.165, 1.54) is 18.7 Å². The molecule has 0 radical (unpaired) electrons. The molecule has 0 bridgehead atoms. The molecule has 1 rings (SSSR count). The third kappa shape index (κ3) is 13.5. The molecular formula is C21H35N3O6. The van der Waals surface area contributed by atoms with Crippen LogP contribution < -0.4 is 10.2 Å². The molecule has 1 atom stereocenters. The molecule has 1 aromatic rings. The van der Waals surface area contributed by atoms with Crippen LogP contribution in [-0.4, -0.2) is 81.0 Å². The molecule has 30 heavy (non-hydrogen) atoms. The first kappa shape index (κ1) is 27.4. The number of amides is 2. The Bertz CT molecular complexity index is 651. The molecule has 0 aliphatic carbocycles. The molecule has 0 fully saturated rings. The van der Waals surface area contributed by atoms with Crippen LogP contribution in [0, 0.1) is 6.92 Å². The first-order valence-electron chi connectivity index (χ1n) is 9.78. The summed E-state index contributed by atoms with van der Waals surface area (Å²) in [5.41, 5.74) is 1.95. The van der Waals surface area contributed by atoms with Crippen molar-refractivity contribution in [2.45, 2.75) is 33.8 Å². The fourth-order valence-electron chi connectivity index (χ4n) is 2.11. The van der Waals surface area contributed by atoms with Crippen molar-refractivity contribution in [3.63, 3.8) is 0 Å². The lowest BCUT2D eigenvalue weighted by Gasteiger charge is -2.18. The van der Waals surface area contributed by atoms with E-state index in [0.29, 0.717) is 13.1 Å². The van der Waals surface area contributed by atoms with Gasteiger partial charge in [-0.2, -0.15) is 0 Å². The second-order valence-corrected chi connectivity index (χ2v) is 6.78. The van der Waals surface area contributed by atoms with E-state index < -0.39 is 6.10 Å². The Hall–Kier alpha value is -2.65. The summed E-state index contributed by atoms with van der Waals surface area (Å²) in [6, 6.07) is 7.41. The predicted octanol–water partition coefficient (Wildman–Crippen LogP) is 1.57. The van der Waals surface area contributed by atoms with Crippen LogP contribution in [0.25, 0.3) is 0 Å². The number of anilines is 1. The van der Waals surface area contributed by atoms with Crippen molar-refractivity contribution in [2.75, 3.05) is 51.8 Å². The van der Waals surface area contributed by atoms with Gasteiger partial charge in [-0.25, -0.2) is 4.79 Å². The number of aliphatic hydroxyl groups is 1. The third-order valence-corrected chi connectivity index (χ3v) is 3.95. The maximum atomic E-state index is 11.7. The second kappa shape index (κ2) is 15.2. The summed E-state index contributed by atoms with van der Waals surface area (Å²) in [7, 11) is 3.59. The van der Waals surface area contributed by atoms with Gasteiger partial charge in [0.2, 0.25) is 0 Å². The van der Waals surface area contributed by atoms with Crippen molar-refractivity contribution in [1.29, 1.82) is 0 Å². The molecule has 0 aliphatic heterocycles. The quantitative estimate of drug-likeness (QED) is 0.457. The average Bonchev–Trinajstić information content (AvgIpc) is 2.69. The number of benzene rings is 1. The molecule has 1 aromatic carbocycles. The fourth-order valence-corrected chi connectivity index (χ4v) is 2.11. The van der Waals surface area contributed by atoms with Crippen molar-refractivity contribution < 1.29 is 29.0 Å². The highest BCUT2D eigenvalue weighted by Crippen LogP contribution is 2.13. The topological polar surface area (TPSA) is 108 Å². The molecule has 2 amide bonds. The molecule has 9 heteroatoms. The van der Waals surface area contributed by atoms with E-state index in [0.717, 1.165) is 17.8 Å². The largest absolute Gasteiger partial charge is 0.464 e. The number of urea groups is 1. The Morgan fingerprint density at radius 2 is 1.63 bits per heavy atom. The number of nitrogens with zero attached hydrogens (tertiary/aromatic N) is 2. The molecule has 0 spiro atoms. The van der Waals surface area contributed by atoms with Gasteiger partial charge >= 0.3 is 18.0 Å². The molecule has 0 aromatic heterocycles. The average molecular weight is 426 g/mol. The Morgan fingerprint density at radius 1 is 1.07 bits per heavy atom. The zero-order valence-electron chi connectivity index (χ0n) is 18.8. The second-order valence-electron chi connectivity index (χ2n) is 6.78. The van der Waals surface area contributed by atoms with Crippen LogP contribution in [0.4, 0.5) is 10.5 Å². The summed E-state index contributed by atoms with van der Waals surface area (Å²) in [6.07, 6.45) is -0.584. The predicted molar refractivity (Wildman–Crippen MR) is 115 cm³/mol. The van der Waals surface area contributed by atoms with Gasteiger partial charge in [0, 0.05) is 33.1 Å². The maximum absolute atomic E-state index is 11.7. The van der Waals surface area contributed by atoms with E-state index in [1.807, 2.05) is 50.1 Å². The van der Waals surface area contributed by atoms with Gasteiger partial charge in [0.15, 0.2) is 0 Å². The van der Waals surface area contributed by atoms with Crippen LogP contribution in [0.15, 0.2) is 24.3 Å². The number of likely N-dealkylation sites (N-methyl/N-ethyl adjacent to an activating group) is 1. The Morgan fingerprint density at radius 3 is 2.13 bits per heavy atom. The Balaban J connectivity index is 0.000000612. The number of carbonyl (C=O) groups is 3. The number of hydrogen-bond acceptors (Lipinski definition) is 7. The van der Waals surface area contributed by atoms with E-state index in [9.17, 15) is 19.5 Å². The van der Waals surface area contributed by atoms with Crippen molar-refractivity contribution in [2.24, 2.45) is 0 Å². The number of rotatable bonds is 9. The summed E-state index contributed by atoms with van der Waals surface area (Å²) in [4.78, 5) is 36.1. The number of esters is 2. The number of hydrogen-bond donors (Lipinski definition) is 2. The van der Waals surface area contributed by atoms with E-state index in [2.05, 4.69) is 10.1 Å². The fraction of sp³-hybridized carbons (Fsp3) is 0.571. The van der Waals surface area contributed by atoms with Crippen LogP contribution in [0.1, 0.15) is 26.3 Å². The molecular weight excluding hydrogens is 390 g/mol. The summed E-state index contributed by atoms with van der Waals surface area (Å²) >= 11 is 0. The smallest absolute Gasteiger partial charge is 0.321 e. The van der Waals surface area contributed by atoms with Crippen LogP contribution >= 0.6 is 0 Å². The van der Waals surface area contributed by atoms with E-state index in [1.54, 1.807) is 7.05 Å². The van der Waals surface area contributed by atoms with Gasteiger partial charge in [0.05, 0.1) is 6.54 Å². The standard InChI is InChI=1S/C13H18N2O3.C8H17NO3/c1-10-4-6-12(7-5-10)15(3)13(17)14-8-9-18-11(2)16;1-4-9(3)5-8(11)6-12-7(2)10/h4-7H,8-9H2,1-3H3,(H,14,17);8,11H,4-6H2,1-3H3. The Kier molecular flexibility index (Phi) is 13.9. The molecule has 0 saturated carbocycles. The van der Waals surface area contributed by atoms with Crippen molar-refractivity contribution in [3.05, 3.63) is 29.8 Å². The van der Waals surface area contributed by atoms with Gasteiger partial charge in [-0.15, -0.1) is 0 Å². The summed E-state index contributed by atoms with van der Waals surface area (Å²) in [5.74, 6) is -0.704.